The standard InChI is InChI=1S/C15H15BrOS/c1-9-5-6-18-15(9)14(16)11-3-4-13-12(8-11)7-10(2)17-13/h3-6,8,10,14H,7H2,1-2H3. The Labute approximate surface area is 120 Å². The average molecular weight is 323 g/mol. The molecule has 2 heterocycles. The first-order chi connectivity index (χ1) is 8.65. The molecule has 1 nitrogen and oxygen atoms in total. The van der Waals surface area contributed by atoms with E-state index in [-0.39, 0.29) is 0 Å². The van der Waals surface area contributed by atoms with Gasteiger partial charge in [-0.25, -0.2) is 0 Å². The van der Waals surface area contributed by atoms with Gasteiger partial charge in [0.25, 0.3) is 0 Å². The van der Waals surface area contributed by atoms with Crippen LogP contribution in [0.1, 0.15) is 33.3 Å². The van der Waals surface area contributed by atoms with Crippen molar-refractivity contribution in [3.8, 4) is 5.75 Å². The molecule has 3 heteroatoms. The molecule has 2 aromatic rings. The van der Waals surface area contributed by atoms with Crippen molar-refractivity contribution in [2.45, 2.75) is 31.2 Å². The molecule has 0 fully saturated rings. The Morgan fingerprint density at radius 1 is 1.39 bits per heavy atom. The lowest BCUT2D eigenvalue weighted by atomic mass is 10.0. The second kappa shape index (κ2) is 4.71. The van der Waals surface area contributed by atoms with Crippen molar-refractivity contribution in [3.05, 3.63) is 51.2 Å². The normalized spacial score (nSPS) is 19.4. The third kappa shape index (κ3) is 2.10. The van der Waals surface area contributed by atoms with Gasteiger partial charge in [-0.05, 0) is 48.1 Å². The summed E-state index contributed by atoms with van der Waals surface area (Å²) in [6.07, 6.45) is 1.33. The van der Waals surface area contributed by atoms with Crippen molar-refractivity contribution in [2.75, 3.05) is 0 Å². The van der Waals surface area contributed by atoms with E-state index in [1.165, 1.54) is 21.6 Å². The SMILES string of the molecule is Cc1ccsc1C(Br)c1ccc2c(c1)CC(C)O2. The minimum atomic E-state index is 0.290. The summed E-state index contributed by atoms with van der Waals surface area (Å²) in [7, 11) is 0. The summed E-state index contributed by atoms with van der Waals surface area (Å²) in [5, 5.41) is 2.15. The summed E-state index contributed by atoms with van der Waals surface area (Å²) in [4.78, 5) is 1.68. The Hall–Kier alpha value is -0.800. The molecule has 0 saturated heterocycles. The predicted molar refractivity (Wildman–Crippen MR) is 80.1 cm³/mol. The van der Waals surface area contributed by atoms with Gasteiger partial charge in [-0.1, -0.05) is 28.1 Å². The summed E-state index contributed by atoms with van der Waals surface area (Å²) in [5.74, 6) is 1.05. The zero-order valence-corrected chi connectivity index (χ0v) is 12.8. The Balaban J connectivity index is 1.94. The first-order valence-corrected chi connectivity index (χ1v) is 7.92. The zero-order chi connectivity index (χ0) is 12.7. The number of ether oxygens (including phenoxy) is 1. The fraction of sp³-hybridized carbons (Fsp3) is 0.333. The van der Waals surface area contributed by atoms with Gasteiger partial charge in [0.2, 0.25) is 0 Å². The monoisotopic (exact) mass is 322 g/mol. The van der Waals surface area contributed by atoms with E-state index in [0.29, 0.717) is 10.9 Å². The Kier molecular flexibility index (Phi) is 3.20. The van der Waals surface area contributed by atoms with Crippen molar-refractivity contribution in [1.82, 2.24) is 0 Å². The molecule has 1 aromatic heterocycles. The van der Waals surface area contributed by atoms with Crippen LogP contribution in [0.25, 0.3) is 0 Å². The quantitative estimate of drug-likeness (QED) is 0.717. The minimum Gasteiger partial charge on any atom is -0.490 e. The molecule has 0 spiro atoms. The van der Waals surface area contributed by atoms with Crippen LogP contribution in [0.5, 0.6) is 5.75 Å². The molecule has 94 valence electrons. The van der Waals surface area contributed by atoms with Crippen molar-refractivity contribution in [3.63, 3.8) is 0 Å². The molecule has 0 saturated carbocycles. The van der Waals surface area contributed by atoms with Gasteiger partial charge >= 0.3 is 0 Å². The molecule has 0 N–H and O–H groups in total. The largest absolute Gasteiger partial charge is 0.490 e. The second-order valence-electron chi connectivity index (χ2n) is 4.83. The number of rotatable bonds is 2. The van der Waals surface area contributed by atoms with E-state index in [9.17, 15) is 0 Å². The Morgan fingerprint density at radius 3 is 2.94 bits per heavy atom. The molecule has 0 bridgehead atoms. The van der Waals surface area contributed by atoms with E-state index in [0.717, 1.165) is 12.2 Å². The number of benzene rings is 1. The summed E-state index contributed by atoms with van der Waals surface area (Å²) in [6, 6.07) is 8.71. The molecule has 1 aliphatic heterocycles. The van der Waals surface area contributed by atoms with E-state index in [1.807, 2.05) is 11.3 Å². The van der Waals surface area contributed by atoms with E-state index in [1.54, 1.807) is 0 Å². The van der Waals surface area contributed by atoms with Crippen LogP contribution in [0.2, 0.25) is 0 Å². The fourth-order valence-corrected chi connectivity index (χ4v) is 4.29. The summed E-state index contributed by atoms with van der Waals surface area (Å²) >= 11 is 5.63. The van der Waals surface area contributed by atoms with Gasteiger partial charge in [0, 0.05) is 11.3 Å². The second-order valence-corrected chi connectivity index (χ2v) is 6.69. The molecule has 2 unspecified atom stereocenters. The van der Waals surface area contributed by atoms with Gasteiger partial charge in [-0.2, -0.15) is 0 Å². The number of alkyl halides is 1. The smallest absolute Gasteiger partial charge is 0.123 e. The molecule has 1 aromatic carbocycles. The zero-order valence-electron chi connectivity index (χ0n) is 10.4. The molecule has 0 aliphatic carbocycles. The van der Waals surface area contributed by atoms with Gasteiger partial charge in [0.15, 0.2) is 0 Å². The average Bonchev–Trinajstić information content (AvgIpc) is 2.91. The molecular weight excluding hydrogens is 308 g/mol. The number of hydrogen-bond acceptors (Lipinski definition) is 2. The lowest BCUT2D eigenvalue weighted by Crippen LogP contribution is -2.05. The van der Waals surface area contributed by atoms with Gasteiger partial charge in [0.1, 0.15) is 11.9 Å². The highest BCUT2D eigenvalue weighted by Crippen LogP contribution is 2.39. The minimum absolute atomic E-state index is 0.290. The molecule has 1 aliphatic rings. The maximum Gasteiger partial charge on any atom is 0.123 e. The highest BCUT2D eigenvalue weighted by molar-refractivity contribution is 9.09. The summed E-state index contributed by atoms with van der Waals surface area (Å²) < 4.78 is 5.74. The van der Waals surface area contributed by atoms with E-state index < -0.39 is 0 Å². The maximum absolute atomic E-state index is 5.74. The highest BCUT2D eigenvalue weighted by atomic mass is 79.9. The summed E-state index contributed by atoms with van der Waals surface area (Å²) in [5.41, 5.74) is 4.00. The fourth-order valence-electron chi connectivity index (χ4n) is 2.40. The highest BCUT2D eigenvalue weighted by Gasteiger charge is 2.21. The van der Waals surface area contributed by atoms with Gasteiger partial charge in [-0.3, -0.25) is 0 Å². The molecule has 0 amide bonds. The predicted octanol–water partition coefficient (Wildman–Crippen LogP) is 4.86. The van der Waals surface area contributed by atoms with Gasteiger partial charge < -0.3 is 4.74 Å². The number of fused-ring (bicyclic) bond motifs is 1. The number of halogens is 1. The van der Waals surface area contributed by atoms with Crippen LogP contribution >= 0.6 is 27.3 Å². The van der Waals surface area contributed by atoms with E-state index in [4.69, 9.17) is 4.74 Å². The van der Waals surface area contributed by atoms with Gasteiger partial charge in [-0.15, -0.1) is 11.3 Å². The van der Waals surface area contributed by atoms with Crippen LogP contribution in [0.3, 0.4) is 0 Å². The Morgan fingerprint density at radius 2 is 2.22 bits per heavy atom. The Bertz CT molecular complexity index is 576. The van der Waals surface area contributed by atoms with E-state index in [2.05, 4.69) is 59.4 Å². The van der Waals surface area contributed by atoms with Crippen molar-refractivity contribution >= 4 is 27.3 Å². The number of thiophene rings is 1. The molecular formula is C15H15BrOS. The lowest BCUT2D eigenvalue weighted by Gasteiger charge is -2.11. The van der Waals surface area contributed by atoms with E-state index >= 15 is 0 Å². The lowest BCUT2D eigenvalue weighted by molar-refractivity contribution is 0.254. The van der Waals surface area contributed by atoms with Crippen LogP contribution in [-0.2, 0) is 6.42 Å². The molecule has 0 radical (unpaired) electrons. The third-order valence-corrected chi connectivity index (χ3v) is 5.72. The topological polar surface area (TPSA) is 9.23 Å². The van der Waals surface area contributed by atoms with Crippen molar-refractivity contribution in [1.29, 1.82) is 0 Å². The van der Waals surface area contributed by atoms with Crippen LogP contribution < -0.4 is 4.74 Å². The first kappa shape index (κ1) is 12.2. The van der Waals surface area contributed by atoms with Crippen LogP contribution in [0, 0.1) is 6.92 Å². The summed E-state index contributed by atoms with van der Waals surface area (Å²) in [6.45, 7) is 4.29. The van der Waals surface area contributed by atoms with Crippen LogP contribution in [0.4, 0.5) is 0 Å². The third-order valence-electron chi connectivity index (χ3n) is 3.34. The molecule has 18 heavy (non-hydrogen) atoms. The van der Waals surface area contributed by atoms with Gasteiger partial charge in [0.05, 0.1) is 4.83 Å². The molecule has 3 rings (SSSR count). The number of hydrogen-bond donors (Lipinski definition) is 0. The van der Waals surface area contributed by atoms with Crippen LogP contribution in [0.15, 0.2) is 29.6 Å². The number of aryl methyl sites for hydroxylation is 1. The van der Waals surface area contributed by atoms with Crippen molar-refractivity contribution < 1.29 is 4.74 Å². The van der Waals surface area contributed by atoms with Crippen molar-refractivity contribution in [2.24, 2.45) is 0 Å². The maximum atomic E-state index is 5.74. The molecule has 2 atom stereocenters. The van der Waals surface area contributed by atoms with Crippen LogP contribution in [-0.4, -0.2) is 6.10 Å². The first-order valence-electron chi connectivity index (χ1n) is 6.12.